The van der Waals surface area contributed by atoms with Crippen LogP contribution >= 0.6 is 0 Å². The fraction of sp³-hybridized carbons (Fsp3) is 0.611. The van der Waals surface area contributed by atoms with Gasteiger partial charge in [0.05, 0.1) is 13.0 Å². The van der Waals surface area contributed by atoms with E-state index < -0.39 is 5.97 Å². The maximum Gasteiger partial charge on any atom is 0.305 e. The zero-order valence-electron chi connectivity index (χ0n) is 13.9. The summed E-state index contributed by atoms with van der Waals surface area (Å²) in [6, 6.07) is 7.99. The fourth-order valence-corrected chi connectivity index (χ4v) is 2.24. The van der Waals surface area contributed by atoms with Crippen molar-refractivity contribution in [2.75, 3.05) is 24.6 Å². The van der Waals surface area contributed by atoms with Crippen molar-refractivity contribution in [3.05, 3.63) is 24.3 Å². The van der Waals surface area contributed by atoms with E-state index in [-0.39, 0.29) is 6.42 Å². The van der Waals surface area contributed by atoms with Gasteiger partial charge in [0.15, 0.2) is 0 Å². The van der Waals surface area contributed by atoms with E-state index in [2.05, 4.69) is 18.7 Å². The molecule has 0 spiro atoms. The van der Waals surface area contributed by atoms with Gasteiger partial charge in [-0.1, -0.05) is 33.1 Å². The maximum atomic E-state index is 10.8. The Morgan fingerprint density at radius 3 is 2.32 bits per heavy atom. The predicted molar refractivity (Wildman–Crippen MR) is 90.8 cm³/mol. The van der Waals surface area contributed by atoms with Crippen molar-refractivity contribution in [1.29, 1.82) is 0 Å². The lowest BCUT2D eigenvalue weighted by atomic mass is 10.2. The summed E-state index contributed by atoms with van der Waals surface area (Å²) in [6.07, 6.45) is 5.77. The molecule has 0 aliphatic heterocycles. The molecule has 0 unspecified atom stereocenters. The van der Waals surface area contributed by atoms with Gasteiger partial charge >= 0.3 is 5.97 Å². The molecule has 4 nitrogen and oxygen atoms in total. The van der Waals surface area contributed by atoms with Crippen molar-refractivity contribution in [2.45, 2.75) is 52.4 Å². The molecule has 1 aromatic carbocycles. The number of aliphatic carboxylic acids is 1. The summed E-state index contributed by atoms with van der Waals surface area (Å²) in [5.74, 6) is 0.129. The van der Waals surface area contributed by atoms with E-state index in [4.69, 9.17) is 9.84 Å². The lowest BCUT2D eigenvalue weighted by molar-refractivity contribution is -0.136. The summed E-state index contributed by atoms with van der Waals surface area (Å²) in [6.45, 7) is 6.51. The van der Waals surface area contributed by atoms with Crippen LogP contribution in [-0.4, -0.2) is 30.8 Å². The van der Waals surface area contributed by atoms with Crippen LogP contribution < -0.4 is 9.64 Å². The average Bonchev–Trinajstić information content (AvgIpc) is 2.52. The first-order valence-electron chi connectivity index (χ1n) is 8.37. The molecule has 124 valence electrons. The molecule has 22 heavy (non-hydrogen) atoms. The van der Waals surface area contributed by atoms with Crippen molar-refractivity contribution in [3.63, 3.8) is 0 Å². The second-order valence-electron chi connectivity index (χ2n) is 5.53. The molecule has 4 heteroatoms. The van der Waals surface area contributed by atoms with Gasteiger partial charge in [-0.2, -0.15) is 0 Å². The molecule has 0 atom stereocenters. The first kappa shape index (κ1) is 18.3. The Hall–Kier alpha value is -1.71. The number of carboxylic acid groups (broad SMARTS) is 1. The average molecular weight is 307 g/mol. The van der Waals surface area contributed by atoms with Gasteiger partial charge in [-0.05, 0) is 37.1 Å². The van der Waals surface area contributed by atoms with Crippen LogP contribution in [0.15, 0.2) is 24.3 Å². The number of carboxylic acids is 1. The topological polar surface area (TPSA) is 49.8 Å². The highest BCUT2D eigenvalue weighted by molar-refractivity contribution is 5.67. The molecular formula is C18H29NO3. The first-order chi connectivity index (χ1) is 10.7. The normalized spacial score (nSPS) is 10.5. The lowest BCUT2D eigenvalue weighted by Gasteiger charge is -2.24. The SMILES string of the molecule is CCCCCN(CCC(=O)O)c1ccc(OCCCC)cc1. The van der Waals surface area contributed by atoms with Crippen LogP contribution in [0.2, 0.25) is 0 Å². The summed E-state index contributed by atoms with van der Waals surface area (Å²) < 4.78 is 5.67. The van der Waals surface area contributed by atoms with E-state index >= 15 is 0 Å². The molecule has 1 rings (SSSR count). The summed E-state index contributed by atoms with van der Waals surface area (Å²) >= 11 is 0. The van der Waals surface area contributed by atoms with Crippen LogP contribution in [0.1, 0.15) is 52.4 Å². The Morgan fingerprint density at radius 1 is 1.05 bits per heavy atom. The molecule has 1 aromatic rings. The molecule has 0 fully saturated rings. The van der Waals surface area contributed by atoms with Crippen molar-refractivity contribution in [3.8, 4) is 5.75 Å². The molecule has 0 aliphatic carbocycles. The minimum atomic E-state index is -0.750. The molecule has 0 heterocycles. The first-order valence-corrected chi connectivity index (χ1v) is 8.37. The molecule has 1 N–H and O–H groups in total. The van der Waals surface area contributed by atoms with E-state index in [0.29, 0.717) is 6.54 Å². The predicted octanol–water partition coefficient (Wildman–Crippen LogP) is 4.34. The van der Waals surface area contributed by atoms with E-state index in [9.17, 15) is 4.79 Å². The van der Waals surface area contributed by atoms with Crippen LogP contribution in [0.5, 0.6) is 5.75 Å². The quantitative estimate of drug-likeness (QED) is 0.584. The fourth-order valence-electron chi connectivity index (χ4n) is 2.24. The number of carbonyl (C=O) groups is 1. The van der Waals surface area contributed by atoms with Gasteiger partial charge in [0, 0.05) is 18.8 Å². The number of hydrogen-bond acceptors (Lipinski definition) is 3. The lowest BCUT2D eigenvalue weighted by Crippen LogP contribution is -2.27. The van der Waals surface area contributed by atoms with Gasteiger partial charge in [-0.25, -0.2) is 0 Å². The Morgan fingerprint density at radius 2 is 1.73 bits per heavy atom. The zero-order chi connectivity index (χ0) is 16.2. The van der Waals surface area contributed by atoms with E-state index in [1.165, 1.54) is 6.42 Å². The number of rotatable bonds is 12. The van der Waals surface area contributed by atoms with Gasteiger partial charge in [0.2, 0.25) is 0 Å². The van der Waals surface area contributed by atoms with E-state index in [0.717, 1.165) is 50.3 Å². The molecule has 0 radical (unpaired) electrons. The van der Waals surface area contributed by atoms with Crippen molar-refractivity contribution in [1.82, 2.24) is 0 Å². The second kappa shape index (κ2) is 10.9. The van der Waals surface area contributed by atoms with Crippen LogP contribution in [0, 0.1) is 0 Å². The molecule has 0 aromatic heterocycles. The second-order valence-corrected chi connectivity index (χ2v) is 5.53. The smallest absolute Gasteiger partial charge is 0.305 e. The molecule has 0 aliphatic rings. The zero-order valence-corrected chi connectivity index (χ0v) is 13.9. The minimum absolute atomic E-state index is 0.168. The number of hydrogen-bond donors (Lipinski definition) is 1. The maximum absolute atomic E-state index is 10.8. The highest BCUT2D eigenvalue weighted by Crippen LogP contribution is 2.20. The van der Waals surface area contributed by atoms with Gasteiger partial charge in [-0.3, -0.25) is 4.79 Å². The van der Waals surface area contributed by atoms with Crippen molar-refractivity contribution >= 4 is 11.7 Å². The Kier molecular flexibility index (Phi) is 9.12. The number of benzene rings is 1. The summed E-state index contributed by atoms with van der Waals surface area (Å²) in [5, 5.41) is 8.90. The highest BCUT2D eigenvalue weighted by Gasteiger charge is 2.09. The molecular weight excluding hydrogens is 278 g/mol. The van der Waals surface area contributed by atoms with Crippen LogP contribution in [0.3, 0.4) is 0 Å². The standard InChI is InChI=1S/C18H29NO3/c1-3-5-7-13-19(14-12-18(20)21)16-8-10-17(11-9-16)22-15-6-4-2/h8-11H,3-7,12-15H2,1-2H3,(H,20,21). The molecule has 0 saturated heterocycles. The molecule has 0 amide bonds. The van der Waals surface area contributed by atoms with Gasteiger partial charge < -0.3 is 14.7 Å². The van der Waals surface area contributed by atoms with Crippen LogP contribution in [0.4, 0.5) is 5.69 Å². The van der Waals surface area contributed by atoms with Crippen molar-refractivity contribution < 1.29 is 14.6 Å². The molecule has 0 bridgehead atoms. The largest absolute Gasteiger partial charge is 0.494 e. The van der Waals surface area contributed by atoms with E-state index in [1.807, 2.05) is 24.3 Å². The van der Waals surface area contributed by atoms with Crippen LogP contribution in [0.25, 0.3) is 0 Å². The van der Waals surface area contributed by atoms with Gasteiger partial charge in [0.25, 0.3) is 0 Å². The van der Waals surface area contributed by atoms with Gasteiger partial charge in [0.1, 0.15) is 5.75 Å². The number of ether oxygens (including phenoxy) is 1. The minimum Gasteiger partial charge on any atom is -0.494 e. The Bertz CT molecular complexity index is 417. The monoisotopic (exact) mass is 307 g/mol. The summed E-state index contributed by atoms with van der Waals surface area (Å²) in [7, 11) is 0. The van der Waals surface area contributed by atoms with Crippen molar-refractivity contribution in [2.24, 2.45) is 0 Å². The third-order valence-corrected chi connectivity index (χ3v) is 3.60. The van der Waals surface area contributed by atoms with Gasteiger partial charge in [-0.15, -0.1) is 0 Å². The highest BCUT2D eigenvalue weighted by atomic mass is 16.5. The van der Waals surface area contributed by atoms with Crippen LogP contribution in [-0.2, 0) is 4.79 Å². The Labute approximate surface area is 134 Å². The summed E-state index contributed by atoms with van der Waals surface area (Å²) in [5.41, 5.74) is 1.07. The summed E-state index contributed by atoms with van der Waals surface area (Å²) in [4.78, 5) is 13.0. The third kappa shape index (κ3) is 7.34. The number of nitrogens with zero attached hydrogens (tertiary/aromatic N) is 1. The number of anilines is 1. The Balaban J connectivity index is 2.60. The molecule has 0 saturated carbocycles. The van der Waals surface area contributed by atoms with E-state index in [1.54, 1.807) is 0 Å². The number of unbranched alkanes of at least 4 members (excludes halogenated alkanes) is 3. The third-order valence-electron chi connectivity index (χ3n) is 3.60.